The van der Waals surface area contributed by atoms with Crippen LogP contribution in [0.1, 0.15) is 18.9 Å². The van der Waals surface area contributed by atoms with Crippen LogP contribution < -0.4 is 10.1 Å². The highest BCUT2D eigenvalue weighted by molar-refractivity contribution is 8.75. The maximum Gasteiger partial charge on any atom is 0.254 e. The minimum atomic E-state index is -2.52. The highest BCUT2D eigenvalue weighted by Crippen LogP contribution is 2.61. The minimum absolute atomic E-state index is 0.219. The standard InChI is InChI=1S/C14H16Cl2N3O3PS4/c1-3-21-23(25,22-4-2)27-14(24)17-13-19-18-12(26-13)8-20-11-6-5-9(15)7-10(11)16/h5-7H,3-4,8H2,1-2H3,(H,17,19,24). The van der Waals surface area contributed by atoms with Crippen LogP contribution in [0.5, 0.6) is 5.75 Å². The molecule has 0 aliphatic heterocycles. The van der Waals surface area contributed by atoms with Crippen LogP contribution in [0.4, 0.5) is 5.13 Å². The number of anilines is 1. The Morgan fingerprint density at radius 3 is 2.59 bits per heavy atom. The summed E-state index contributed by atoms with van der Waals surface area (Å²) >= 11 is 25.2. The highest BCUT2D eigenvalue weighted by Gasteiger charge is 2.22. The second-order valence-electron chi connectivity index (χ2n) is 4.65. The van der Waals surface area contributed by atoms with E-state index in [1.165, 1.54) is 22.7 Å². The Hall–Kier alpha value is -0.0300. The first kappa shape index (κ1) is 23.3. The van der Waals surface area contributed by atoms with Gasteiger partial charge in [0.05, 0.1) is 18.2 Å². The number of nitrogens with zero attached hydrogens (tertiary/aromatic N) is 2. The van der Waals surface area contributed by atoms with E-state index in [4.69, 9.17) is 61.0 Å². The average Bonchev–Trinajstić information content (AvgIpc) is 3.01. The summed E-state index contributed by atoms with van der Waals surface area (Å²) in [5.41, 5.74) is -2.52. The monoisotopic (exact) mass is 503 g/mol. The lowest BCUT2D eigenvalue weighted by Crippen LogP contribution is -2.05. The molecular weight excluding hydrogens is 488 g/mol. The van der Waals surface area contributed by atoms with Crippen LogP contribution in [0.3, 0.4) is 0 Å². The summed E-state index contributed by atoms with van der Waals surface area (Å²) in [5, 5.41) is 13.3. The second-order valence-corrected chi connectivity index (χ2v) is 13.4. The highest BCUT2D eigenvalue weighted by atomic mass is 35.5. The predicted octanol–water partition coefficient (Wildman–Crippen LogP) is 6.15. The lowest BCUT2D eigenvalue weighted by atomic mass is 10.3. The summed E-state index contributed by atoms with van der Waals surface area (Å²) in [7, 11) is 0. The third-order valence-corrected chi connectivity index (χ3v) is 9.55. The van der Waals surface area contributed by atoms with E-state index in [0.29, 0.717) is 43.5 Å². The van der Waals surface area contributed by atoms with Crippen molar-refractivity contribution >= 4 is 85.1 Å². The molecule has 0 fully saturated rings. The average molecular weight is 504 g/mol. The Morgan fingerprint density at radius 2 is 1.96 bits per heavy atom. The third-order valence-electron chi connectivity index (χ3n) is 2.69. The molecule has 0 saturated heterocycles. The fraction of sp³-hybridized carbons (Fsp3) is 0.357. The number of aromatic nitrogens is 2. The van der Waals surface area contributed by atoms with Crippen LogP contribution in [0.15, 0.2) is 18.2 Å². The molecule has 1 heterocycles. The van der Waals surface area contributed by atoms with Crippen molar-refractivity contribution in [2.24, 2.45) is 0 Å². The topological polar surface area (TPSA) is 65.5 Å². The Kier molecular flexibility index (Phi) is 9.67. The largest absolute Gasteiger partial charge is 0.485 e. The molecule has 1 N–H and O–H groups in total. The summed E-state index contributed by atoms with van der Waals surface area (Å²) in [6.07, 6.45) is 0. The molecule has 13 heteroatoms. The van der Waals surface area contributed by atoms with E-state index in [0.717, 1.165) is 0 Å². The van der Waals surface area contributed by atoms with Gasteiger partial charge < -0.3 is 19.1 Å². The van der Waals surface area contributed by atoms with Gasteiger partial charge in [0.25, 0.3) is 5.69 Å². The molecule has 0 amide bonds. The Morgan fingerprint density at radius 1 is 1.26 bits per heavy atom. The van der Waals surface area contributed by atoms with Crippen LogP contribution in [-0.2, 0) is 27.5 Å². The van der Waals surface area contributed by atoms with Gasteiger partial charge in [0.15, 0.2) is 5.01 Å². The van der Waals surface area contributed by atoms with Crippen molar-refractivity contribution in [1.29, 1.82) is 0 Å². The molecule has 6 nitrogen and oxygen atoms in total. The molecular formula is C14H16Cl2N3O3PS4. The lowest BCUT2D eigenvalue weighted by Gasteiger charge is -2.19. The first-order valence-corrected chi connectivity index (χ1v) is 13.7. The van der Waals surface area contributed by atoms with Crippen LogP contribution in [0.25, 0.3) is 0 Å². The smallest absolute Gasteiger partial charge is 0.254 e. The Balaban J connectivity index is 1.91. The second kappa shape index (κ2) is 11.2. The molecule has 0 aliphatic carbocycles. The Labute approximate surface area is 186 Å². The number of halogens is 2. The first-order chi connectivity index (χ1) is 12.8. The maximum atomic E-state index is 6.08. The number of hydrogen-bond acceptors (Lipinski definition) is 9. The zero-order valence-electron chi connectivity index (χ0n) is 14.3. The number of thiocarbonyl (C=S) groups is 1. The summed E-state index contributed by atoms with van der Waals surface area (Å²) in [4.78, 5) is 0. The van der Waals surface area contributed by atoms with Crippen molar-refractivity contribution in [1.82, 2.24) is 10.2 Å². The van der Waals surface area contributed by atoms with Crippen molar-refractivity contribution in [2.75, 3.05) is 18.5 Å². The van der Waals surface area contributed by atoms with Gasteiger partial charge in [0.1, 0.15) is 16.7 Å². The van der Waals surface area contributed by atoms with E-state index >= 15 is 0 Å². The van der Waals surface area contributed by atoms with Crippen molar-refractivity contribution in [3.8, 4) is 5.75 Å². The van der Waals surface area contributed by atoms with Crippen LogP contribution in [-0.4, -0.2) is 27.7 Å². The molecule has 0 bridgehead atoms. The van der Waals surface area contributed by atoms with Crippen molar-refractivity contribution in [3.05, 3.63) is 33.3 Å². The molecule has 2 rings (SSSR count). The van der Waals surface area contributed by atoms with Crippen LogP contribution in [0.2, 0.25) is 10.0 Å². The zero-order valence-corrected chi connectivity index (χ0v) is 20.0. The number of ether oxygens (including phenoxy) is 1. The normalized spacial score (nSPS) is 11.4. The molecule has 1 aromatic carbocycles. The van der Waals surface area contributed by atoms with Gasteiger partial charge in [0, 0.05) is 5.02 Å². The molecule has 1 aromatic heterocycles. The van der Waals surface area contributed by atoms with Gasteiger partial charge in [-0.3, -0.25) is 0 Å². The molecule has 0 saturated carbocycles. The van der Waals surface area contributed by atoms with Gasteiger partial charge in [-0.25, -0.2) is 0 Å². The molecule has 0 unspecified atom stereocenters. The Bertz CT molecular complexity index is 830. The fourth-order valence-electron chi connectivity index (χ4n) is 1.71. The van der Waals surface area contributed by atoms with Crippen LogP contribution >= 0.6 is 63.8 Å². The van der Waals surface area contributed by atoms with Crippen molar-refractivity contribution in [3.63, 3.8) is 0 Å². The predicted molar refractivity (Wildman–Crippen MR) is 122 cm³/mol. The SMILES string of the molecule is CCOP(=S)(OCC)SC(=S)Nc1nnc(COc2ccc(Cl)cc2Cl)s1. The molecule has 2 aromatic rings. The molecule has 0 atom stereocenters. The van der Waals surface area contributed by atoms with E-state index in [9.17, 15) is 0 Å². The first-order valence-electron chi connectivity index (χ1n) is 7.65. The summed E-state index contributed by atoms with van der Waals surface area (Å²) < 4.78 is 17.2. The van der Waals surface area contributed by atoms with Gasteiger partial charge >= 0.3 is 0 Å². The van der Waals surface area contributed by atoms with Gasteiger partial charge in [-0.1, -0.05) is 46.8 Å². The summed E-state index contributed by atoms with van der Waals surface area (Å²) in [6.45, 7) is 4.86. The number of nitrogens with one attached hydrogen (secondary N) is 1. The number of benzene rings is 1. The maximum absolute atomic E-state index is 6.08. The molecule has 0 spiro atoms. The van der Waals surface area contributed by atoms with Crippen LogP contribution in [0, 0.1) is 0 Å². The molecule has 0 aliphatic rings. The van der Waals surface area contributed by atoms with Gasteiger partial charge in [-0.05, 0) is 55.2 Å². The van der Waals surface area contributed by atoms with E-state index < -0.39 is 5.69 Å². The summed E-state index contributed by atoms with van der Waals surface area (Å²) in [5.74, 6) is 0.519. The van der Waals surface area contributed by atoms with Gasteiger partial charge in [-0.2, -0.15) is 0 Å². The number of rotatable bonds is 9. The zero-order chi connectivity index (χ0) is 19.9. The van der Waals surface area contributed by atoms with Crippen molar-refractivity contribution in [2.45, 2.75) is 20.5 Å². The molecule has 0 radical (unpaired) electrons. The van der Waals surface area contributed by atoms with E-state index in [1.807, 2.05) is 13.8 Å². The fourth-order valence-corrected chi connectivity index (χ4v) is 8.52. The molecule has 27 heavy (non-hydrogen) atoms. The third kappa shape index (κ3) is 7.72. The van der Waals surface area contributed by atoms with E-state index in [1.54, 1.807) is 18.2 Å². The number of hydrogen-bond donors (Lipinski definition) is 1. The van der Waals surface area contributed by atoms with E-state index in [-0.39, 0.29) is 6.61 Å². The molecule has 148 valence electrons. The quantitative estimate of drug-likeness (QED) is 0.320. The summed E-state index contributed by atoms with van der Waals surface area (Å²) in [6, 6.07) is 5.01. The van der Waals surface area contributed by atoms with Gasteiger partial charge in [-0.15, -0.1) is 10.2 Å². The van der Waals surface area contributed by atoms with E-state index in [2.05, 4.69) is 15.5 Å². The minimum Gasteiger partial charge on any atom is -0.485 e. The van der Waals surface area contributed by atoms with Gasteiger partial charge in [0.2, 0.25) is 5.13 Å². The van der Waals surface area contributed by atoms with Crippen molar-refractivity contribution < 1.29 is 13.8 Å². The lowest BCUT2D eigenvalue weighted by molar-refractivity contribution is 0.281.